The maximum absolute atomic E-state index is 9.06. The van der Waals surface area contributed by atoms with Crippen molar-refractivity contribution in [3.8, 4) is 6.07 Å². The van der Waals surface area contributed by atoms with Crippen molar-refractivity contribution in [2.75, 3.05) is 32.9 Å². The van der Waals surface area contributed by atoms with E-state index < -0.39 is 0 Å². The van der Waals surface area contributed by atoms with Crippen LogP contribution in [0.5, 0.6) is 0 Å². The first kappa shape index (κ1) is 12.4. The minimum atomic E-state index is -0.179. The highest BCUT2D eigenvalue weighted by Gasteiger charge is 2.22. The largest absolute Gasteiger partial charge is 0.379 e. The number of hydrogen-bond donors (Lipinski definition) is 0. The van der Waals surface area contributed by atoms with E-state index in [-0.39, 0.29) is 11.6 Å². The SMILES string of the molecule is CC(C)(C)OCC(C#N)N1CCOCC1. The smallest absolute Gasteiger partial charge is 0.122 e. The number of morpholine rings is 1. The monoisotopic (exact) mass is 212 g/mol. The van der Waals surface area contributed by atoms with Crippen LogP contribution in [0.15, 0.2) is 0 Å². The summed E-state index contributed by atoms with van der Waals surface area (Å²) in [5.74, 6) is 0. The number of nitrogens with zero attached hydrogens (tertiary/aromatic N) is 2. The van der Waals surface area contributed by atoms with Gasteiger partial charge in [-0.15, -0.1) is 0 Å². The van der Waals surface area contributed by atoms with Gasteiger partial charge in [-0.1, -0.05) is 0 Å². The number of rotatable bonds is 3. The minimum absolute atomic E-state index is 0.145. The molecule has 0 aliphatic carbocycles. The molecule has 0 N–H and O–H groups in total. The molecule has 86 valence electrons. The first-order valence-corrected chi connectivity index (χ1v) is 5.38. The summed E-state index contributed by atoms with van der Waals surface area (Å²) >= 11 is 0. The molecule has 0 aromatic rings. The molecule has 0 amide bonds. The Morgan fingerprint density at radius 1 is 1.40 bits per heavy atom. The summed E-state index contributed by atoms with van der Waals surface area (Å²) in [6.45, 7) is 9.56. The standard InChI is InChI=1S/C11H20N2O2/c1-11(2,3)15-9-10(8-12)13-4-6-14-7-5-13/h10H,4-7,9H2,1-3H3. The summed E-state index contributed by atoms with van der Waals surface area (Å²) in [5, 5.41) is 9.06. The second-order valence-corrected chi connectivity index (χ2v) is 4.72. The molecule has 1 aliphatic heterocycles. The fourth-order valence-electron chi connectivity index (χ4n) is 1.44. The van der Waals surface area contributed by atoms with Crippen molar-refractivity contribution in [3.63, 3.8) is 0 Å². The Kier molecular flexibility index (Phi) is 4.52. The first-order chi connectivity index (χ1) is 7.03. The molecule has 15 heavy (non-hydrogen) atoms. The maximum Gasteiger partial charge on any atom is 0.122 e. The van der Waals surface area contributed by atoms with Crippen LogP contribution < -0.4 is 0 Å². The van der Waals surface area contributed by atoms with Gasteiger partial charge >= 0.3 is 0 Å². The molecule has 1 saturated heterocycles. The van der Waals surface area contributed by atoms with Crippen LogP contribution in [0, 0.1) is 11.3 Å². The molecular weight excluding hydrogens is 192 g/mol. The maximum atomic E-state index is 9.06. The average Bonchev–Trinajstić information content (AvgIpc) is 2.19. The predicted molar refractivity (Wildman–Crippen MR) is 57.5 cm³/mol. The van der Waals surface area contributed by atoms with Crippen LogP contribution in [-0.4, -0.2) is 49.5 Å². The molecule has 1 rings (SSSR count). The third kappa shape index (κ3) is 4.61. The fraction of sp³-hybridized carbons (Fsp3) is 0.909. The van der Waals surface area contributed by atoms with E-state index in [0.29, 0.717) is 19.8 Å². The molecule has 0 spiro atoms. The van der Waals surface area contributed by atoms with Gasteiger partial charge in [0.25, 0.3) is 0 Å². The highest BCUT2D eigenvalue weighted by molar-refractivity contribution is 4.93. The average molecular weight is 212 g/mol. The second kappa shape index (κ2) is 5.45. The number of nitriles is 1. The van der Waals surface area contributed by atoms with Crippen molar-refractivity contribution in [3.05, 3.63) is 0 Å². The summed E-state index contributed by atoms with van der Waals surface area (Å²) in [4.78, 5) is 2.12. The molecule has 0 radical (unpaired) electrons. The highest BCUT2D eigenvalue weighted by Crippen LogP contribution is 2.10. The quantitative estimate of drug-likeness (QED) is 0.701. The molecule has 1 unspecified atom stereocenters. The molecule has 4 nitrogen and oxygen atoms in total. The summed E-state index contributed by atoms with van der Waals surface area (Å²) in [6.07, 6.45) is 0. The van der Waals surface area contributed by atoms with Crippen molar-refractivity contribution in [2.24, 2.45) is 0 Å². The number of ether oxygens (including phenoxy) is 2. The lowest BCUT2D eigenvalue weighted by molar-refractivity contribution is -0.0429. The van der Waals surface area contributed by atoms with Crippen LogP contribution in [0.25, 0.3) is 0 Å². The Hall–Kier alpha value is -0.630. The normalized spacial score (nSPS) is 20.9. The number of hydrogen-bond acceptors (Lipinski definition) is 4. The van der Waals surface area contributed by atoms with Crippen molar-refractivity contribution >= 4 is 0 Å². The third-order valence-electron chi connectivity index (χ3n) is 2.31. The minimum Gasteiger partial charge on any atom is -0.379 e. The zero-order valence-corrected chi connectivity index (χ0v) is 9.82. The van der Waals surface area contributed by atoms with Crippen LogP contribution in [0.1, 0.15) is 20.8 Å². The summed E-state index contributed by atoms with van der Waals surface area (Å²) in [6, 6.07) is 2.14. The van der Waals surface area contributed by atoms with Crippen LogP contribution >= 0.6 is 0 Å². The van der Waals surface area contributed by atoms with Gasteiger partial charge in [0, 0.05) is 13.1 Å². The Morgan fingerprint density at radius 2 is 2.00 bits per heavy atom. The van der Waals surface area contributed by atoms with E-state index in [1.165, 1.54) is 0 Å². The molecular formula is C11H20N2O2. The zero-order chi connectivity index (χ0) is 11.3. The molecule has 1 heterocycles. The third-order valence-corrected chi connectivity index (χ3v) is 2.31. The van der Waals surface area contributed by atoms with Gasteiger partial charge in [-0.25, -0.2) is 0 Å². The Balaban J connectivity index is 2.38. The predicted octanol–water partition coefficient (Wildman–Crippen LogP) is 1.03. The lowest BCUT2D eigenvalue weighted by Gasteiger charge is -2.32. The van der Waals surface area contributed by atoms with Crippen LogP contribution in [-0.2, 0) is 9.47 Å². The summed E-state index contributed by atoms with van der Waals surface area (Å²) < 4.78 is 10.9. The van der Waals surface area contributed by atoms with E-state index in [2.05, 4.69) is 11.0 Å². The molecule has 1 fully saturated rings. The van der Waals surface area contributed by atoms with Crippen LogP contribution in [0.3, 0.4) is 0 Å². The Morgan fingerprint density at radius 3 is 2.47 bits per heavy atom. The van der Waals surface area contributed by atoms with Crippen LogP contribution in [0.2, 0.25) is 0 Å². The topological polar surface area (TPSA) is 45.5 Å². The van der Waals surface area contributed by atoms with Gasteiger partial charge in [0.2, 0.25) is 0 Å². The molecule has 4 heteroatoms. The zero-order valence-electron chi connectivity index (χ0n) is 9.82. The molecule has 1 atom stereocenters. The van der Waals surface area contributed by atoms with Gasteiger partial charge in [-0.05, 0) is 20.8 Å². The van der Waals surface area contributed by atoms with E-state index in [0.717, 1.165) is 13.1 Å². The van der Waals surface area contributed by atoms with Crippen LogP contribution in [0.4, 0.5) is 0 Å². The van der Waals surface area contributed by atoms with Crippen molar-refractivity contribution in [2.45, 2.75) is 32.4 Å². The van der Waals surface area contributed by atoms with E-state index >= 15 is 0 Å². The van der Waals surface area contributed by atoms with Gasteiger partial charge < -0.3 is 9.47 Å². The molecule has 0 aromatic carbocycles. The molecule has 0 bridgehead atoms. The first-order valence-electron chi connectivity index (χ1n) is 5.38. The molecule has 0 aromatic heterocycles. The second-order valence-electron chi connectivity index (χ2n) is 4.72. The lowest BCUT2D eigenvalue weighted by Crippen LogP contribution is -2.45. The summed E-state index contributed by atoms with van der Waals surface area (Å²) in [7, 11) is 0. The Bertz CT molecular complexity index is 224. The van der Waals surface area contributed by atoms with Gasteiger partial charge in [0.15, 0.2) is 0 Å². The lowest BCUT2D eigenvalue weighted by atomic mass is 10.2. The highest BCUT2D eigenvalue weighted by atomic mass is 16.5. The molecule has 0 saturated carbocycles. The van der Waals surface area contributed by atoms with Gasteiger partial charge in [0.05, 0.1) is 31.5 Å². The van der Waals surface area contributed by atoms with E-state index in [1.807, 2.05) is 20.8 Å². The van der Waals surface area contributed by atoms with Gasteiger partial charge in [-0.2, -0.15) is 5.26 Å². The van der Waals surface area contributed by atoms with E-state index in [1.54, 1.807) is 0 Å². The summed E-state index contributed by atoms with van der Waals surface area (Å²) in [5.41, 5.74) is -0.179. The fourth-order valence-corrected chi connectivity index (χ4v) is 1.44. The van der Waals surface area contributed by atoms with Crippen molar-refractivity contribution in [1.29, 1.82) is 5.26 Å². The van der Waals surface area contributed by atoms with Gasteiger partial charge in [-0.3, -0.25) is 4.90 Å². The van der Waals surface area contributed by atoms with Gasteiger partial charge in [0.1, 0.15) is 6.04 Å². The van der Waals surface area contributed by atoms with E-state index in [9.17, 15) is 0 Å². The van der Waals surface area contributed by atoms with Crippen molar-refractivity contribution < 1.29 is 9.47 Å². The molecule has 1 aliphatic rings. The van der Waals surface area contributed by atoms with Crippen molar-refractivity contribution in [1.82, 2.24) is 4.90 Å². The Labute approximate surface area is 91.8 Å². The van der Waals surface area contributed by atoms with E-state index in [4.69, 9.17) is 14.7 Å².